The third kappa shape index (κ3) is 6.54. The molecular weight excluding hydrogens is 574 g/mol. The summed E-state index contributed by atoms with van der Waals surface area (Å²) in [5, 5.41) is 8.30. The number of carbonyl (C=O) groups is 3. The van der Waals surface area contributed by atoms with Gasteiger partial charge >= 0.3 is 6.09 Å². The van der Waals surface area contributed by atoms with E-state index in [9.17, 15) is 23.2 Å². The number of pyridine rings is 1. The fourth-order valence-corrected chi connectivity index (χ4v) is 4.31. The van der Waals surface area contributed by atoms with E-state index >= 15 is 0 Å². The summed E-state index contributed by atoms with van der Waals surface area (Å²) in [5.41, 5.74) is 3.91. The van der Waals surface area contributed by atoms with Crippen LogP contribution in [0.1, 0.15) is 50.3 Å². The maximum absolute atomic E-state index is 13.7. The standard InChI is InChI=1S/C27H27ClF2N8O4/c1-15-9-16(2)22(18(10-15)24(39)35-36(4)26(41)42-5)33-25(40)20-11-17(12-37-13-21(32-14-37)27(3,29)30)34-38(20)23-19(28)7-6-8-31-23/h6-11,13-14H,12H2,1-5H3,(H,33,40)(H,35,39). The molecule has 12 nitrogen and oxygen atoms in total. The zero-order valence-corrected chi connectivity index (χ0v) is 24.0. The molecule has 3 aromatic heterocycles. The van der Waals surface area contributed by atoms with E-state index in [4.69, 9.17) is 11.6 Å². The highest BCUT2D eigenvalue weighted by Crippen LogP contribution is 2.27. The van der Waals surface area contributed by atoms with E-state index in [-0.39, 0.29) is 34.3 Å². The molecule has 15 heteroatoms. The highest BCUT2D eigenvalue weighted by Gasteiger charge is 2.28. The molecule has 220 valence electrons. The Morgan fingerprint density at radius 3 is 2.52 bits per heavy atom. The van der Waals surface area contributed by atoms with Crippen molar-refractivity contribution in [1.29, 1.82) is 0 Å². The lowest BCUT2D eigenvalue weighted by atomic mass is 10.0. The Balaban J connectivity index is 1.72. The summed E-state index contributed by atoms with van der Waals surface area (Å²) in [7, 11) is 2.48. The van der Waals surface area contributed by atoms with Crippen LogP contribution in [0.4, 0.5) is 19.3 Å². The maximum atomic E-state index is 13.7. The summed E-state index contributed by atoms with van der Waals surface area (Å²) in [6.45, 7) is 4.24. The number of benzene rings is 1. The predicted octanol–water partition coefficient (Wildman–Crippen LogP) is 4.49. The van der Waals surface area contributed by atoms with Gasteiger partial charge in [0, 0.05) is 26.4 Å². The zero-order valence-electron chi connectivity index (χ0n) is 23.3. The number of halogens is 3. The van der Waals surface area contributed by atoms with Crippen LogP contribution in [0.3, 0.4) is 0 Å². The number of hydrogen-bond acceptors (Lipinski definition) is 7. The van der Waals surface area contributed by atoms with Crippen molar-refractivity contribution in [3.8, 4) is 5.82 Å². The zero-order chi connectivity index (χ0) is 30.8. The van der Waals surface area contributed by atoms with E-state index in [0.29, 0.717) is 11.3 Å². The molecular formula is C27H27ClF2N8O4. The Morgan fingerprint density at radius 2 is 1.88 bits per heavy atom. The lowest BCUT2D eigenvalue weighted by Gasteiger charge is -2.19. The number of methoxy groups -OCH3 is 1. The van der Waals surface area contributed by atoms with Crippen molar-refractivity contribution in [1.82, 2.24) is 34.8 Å². The molecule has 42 heavy (non-hydrogen) atoms. The highest BCUT2D eigenvalue weighted by molar-refractivity contribution is 6.32. The Bertz CT molecular complexity index is 1660. The lowest BCUT2D eigenvalue weighted by Crippen LogP contribution is -2.43. The number of aryl methyl sites for hydroxylation is 2. The molecule has 0 aliphatic rings. The largest absolute Gasteiger partial charge is 0.452 e. The quantitative estimate of drug-likeness (QED) is 0.298. The number of carbonyl (C=O) groups excluding carboxylic acids is 3. The van der Waals surface area contributed by atoms with Crippen LogP contribution in [0.5, 0.6) is 0 Å². The van der Waals surface area contributed by atoms with Crippen LogP contribution < -0.4 is 10.7 Å². The smallest absolute Gasteiger partial charge is 0.428 e. The van der Waals surface area contributed by atoms with Gasteiger partial charge < -0.3 is 14.6 Å². The molecule has 4 aromatic rings. The van der Waals surface area contributed by atoms with Gasteiger partial charge in [0.2, 0.25) is 0 Å². The molecule has 0 aliphatic carbocycles. The number of ether oxygens (including phenoxy) is 1. The summed E-state index contributed by atoms with van der Waals surface area (Å²) < 4.78 is 34.7. The van der Waals surface area contributed by atoms with Gasteiger partial charge in [-0.05, 0) is 49.2 Å². The second kappa shape index (κ2) is 11.9. The number of amides is 3. The van der Waals surface area contributed by atoms with E-state index in [1.54, 1.807) is 38.1 Å². The van der Waals surface area contributed by atoms with Crippen molar-refractivity contribution in [2.24, 2.45) is 0 Å². The molecule has 1 aromatic carbocycles. The minimum Gasteiger partial charge on any atom is -0.452 e. The number of hydrogen-bond donors (Lipinski definition) is 2. The number of nitrogens with zero attached hydrogens (tertiary/aromatic N) is 6. The lowest BCUT2D eigenvalue weighted by molar-refractivity contribution is 0.0131. The summed E-state index contributed by atoms with van der Waals surface area (Å²) in [6, 6.07) is 7.97. The van der Waals surface area contributed by atoms with Crippen molar-refractivity contribution in [3.05, 3.63) is 87.8 Å². The average Bonchev–Trinajstić information content (AvgIpc) is 3.57. The Labute approximate surface area is 244 Å². The Kier molecular flexibility index (Phi) is 8.56. The molecule has 0 bridgehead atoms. The molecule has 0 spiro atoms. The molecule has 3 heterocycles. The predicted molar refractivity (Wildman–Crippen MR) is 149 cm³/mol. The third-order valence-electron chi connectivity index (χ3n) is 6.04. The molecule has 0 atom stereocenters. The van der Waals surface area contributed by atoms with E-state index in [2.05, 4.69) is 30.5 Å². The number of rotatable bonds is 7. The highest BCUT2D eigenvalue weighted by atomic mass is 35.5. The normalized spacial score (nSPS) is 11.2. The third-order valence-corrected chi connectivity index (χ3v) is 6.34. The number of imidazole rings is 1. The number of alkyl halides is 2. The van der Waals surface area contributed by atoms with Crippen LogP contribution in [0.2, 0.25) is 5.02 Å². The van der Waals surface area contributed by atoms with Crippen molar-refractivity contribution in [2.75, 3.05) is 19.5 Å². The fourth-order valence-electron chi connectivity index (χ4n) is 4.11. The summed E-state index contributed by atoms with van der Waals surface area (Å²) in [6.07, 6.45) is 3.11. The second-order valence-corrected chi connectivity index (χ2v) is 9.90. The minimum atomic E-state index is -3.13. The van der Waals surface area contributed by atoms with Crippen LogP contribution in [-0.4, -0.2) is 61.4 Å². The number of aromatic nitrogens is 5. The molecule has 0 saturated heterocycles. The van der Waals surface area contributed by atoms with Gasteiger partial charge in [-0.3, -0.25) is 15.0 Å². The summed E-state index contributed by atoms with van der Waals surface area (Å²) in [4.78, 5) is 46.6. The van der Waals surface area contributed by atoms with E-state index < -0.39 is 29.5 Å². The van der Waals surface area contributed by atoms with Crippen molar-refractivity contribution < 1.29 is 27.9 Å². The van der Waals surface area contributed by atoms with E-state index in [0.717, 1.165) is 17.5 Å². The first-order valence-electron chi connectivity index (χ1n) is 12.4. The van der Waals surface area contributed by atoms with Gasteiger partial charge in [0.1, 0.15) is 11.4 Å². The Hall–Kier alpha value is -4.85. The monoisotopic (exact) mass is 600 g/mol. The number of hydrazine groups is 1. The van der Waals surface area contributed by atoms with Crippen molar-refractivity contribution >= 4 is 35.2 Å². The van der Waals surface area contributed by atoms with Gasteiger partial charge in [-0.1, -0.05) is 17.7 Å². The number of anilines is 1. The van der Waals surface area contributed by atoms with Gasteiger partial charge in [-0.15, -0.1) is 0 Å². The minimum absolute atomic E-state index is 0.00442. The first-order valence-corrected chi connectivity index (χ1v) is 12.8. The molecule has 0 aliphatic heterocycles. The summed E-state index contributed by atoms with van der Waals surface area (Å²) >= 11 is 6.37. The van der Waals surface area contributed by atoms with Crippen molar-refractivity contribution in [3.63, 3.8) is 0 Å². The Morgan fingerprint density at radius 1 is 1.14 bits per heavy atom. The van der Waals surface area contributed by atoms with Crippen LogP contribution in [0.25, 0.3) is 5.82 Å². The second-order valence-electron chi connectivity index (χ2n) is 9.49. The molecule has 4 rings (SSSR count). The van der Waals surface area contributed by atoms with E-state index in [1.165, 1.54) is 48.2 Å². The molecule has 0 radical (unpaired) electrons. The summed E-state index contributed by atoms with van der Waals surface area (Å²) in [5.74, 6) is -4.31. The molecule has 0 saturated carbocycles. The first kappa shape index (κ1) is 30.1. The topological polar surface area (TPSA) is 136 Å². The van der Waals surface area contributed by atoms with Crippen LogP contribution in [0, 0.1) is 13.8 Å². The van der Waals surface area contributed by atoms with E-state index in [1.807, 2.05) is 0 Å². The van der Waals surface area contributed by atoms with Gasteiger partial charge in [0.25, 0.3) is 17.7 Å². The van der Waals surface area contributed by atoms with Gasteiger partial charge in [0.15, 0.2) is 5.82 Å². The molecule has 0 unspecified atom stereocenters. The molecule has 2 N–H and O–H groups in total. The fraction of sp³-hybridized carbons (Fsp3) is 0.259. The van der Waals surface area contributed by atoms with Gasteiger partial charge in [-0.25, -0.2) is 24.5 Å². The van der Waals surface area contributed by atoms with Crippen LogP contribution in [0.15, 0.2) is 49.1 Å². The first-order chi connectivity index (χ1) is 19.8. The number of nitrogens with one attached hydrogen (secondary N) is 2. The maximum Gasteiger partial charge on any atom is 0.428 e. The molecule has 3 amide bonds. The van der Waals surface area contributed by atoms with Crippen molar-refractivity contribution in [2.45, 2.75) is 33.2 Å². The SMILES string of the molecule is COC(=O)N(C)NC(=O)c1cc(C)cc(C)c1NC(=O)c1cc(Cn2cnc(C(C)(F)F)c2)nn1-c1ncccc1Cl. The molecule has 0 fully saturated rings. The average molecular weight is 601 g/mol. The van der Waals surface area contributed by atoms with Gasteiger partial charge in [0.05, 0.1) is 41.9 Å². The van der Waals surface area contributed by atoms with Gasteiger partial charge in [-0.2, -0.15) is 13.9 Å². The van der Waals surface area contributed by atoms with Crippen LogP contribution >= 0.6 is 11.6 Å². The van der Waals surface area contributed by atoms with Crippen LogP contribution in [-0.2, 0) is 17.2 Å².